The van der Waals surface area contributed by atoms with Crippen LogP contribution in [-0.2, 0) is 6.54 Å². The maximum absolute atomic E-state index is 13.6. The van der Waals surface area contributed by atoms with Crippen molar-refractivity contribution < 1.29 is 9.18 Å². The molecule has 5 nitrogen and oxygen atoms in total. The summed E-state index contributed by atoms with van der Waals surface area (Å²) in [4.78, 5) is 20.3. The van der Waals surface area contributed by atoms with E-state index in [0.29, 0.717) is 22.1 Å². The third kappa shape index (κ3) is 4.51. The highest BCUT2D eigenvalue weighted by Crippen LogP contribution is 2.15. The Bertz CT molecular complexity index is 886. The predicted molar refractivity (Wildman–Crippen MR) is 95.2 cm³/mol. The molecule has 0 aliphatic carbocycles. The van der Waals surface area contributed by atoms with Crippen LogP contribution < -0.4 is 10.6 Å². The second kappa shape index (κ2) is 7.72. The Kier molecular flexibility index (Phi) is 5.20. The number of rotatable bonds is 5. The highest BCUT2D eigenvalue weighted by atomic mass is 35.5. The summed E-state index contributed by atoms with van der Waals surface area (Å²) >= 11 is 5.81. The molecule has 0 radical (unpaired) electrons. The van der Waals surface area contributed by atoms with Gasteiger partial charge in [-0.05, 0) is 30.3 Å². The number of benzene rings is 2. The predicted octanol–water partition coefficient (Wildman–Crippen LogP) is 4.13. The fourth-order valence-electron chi connectivity index (χ4n) is 2.13. The normalized spacial score (nSPS) is 10.3. The Hall–Kier alpha value is -2.99. The van der Waals surface area contributed by atoms with Gasteiger partial charge in [-0.2, -0.15) is 0 Å². The fraction of sp³-hybridized carbons (Fsp3) is 0.0556. The molecule has 0 fully saturated rings. The number of halogens is 2. The zero-order chi connectivity index (χ0) is 17.6. The van der Waals surface area contributed by atoms with Gasteiger partial charge in [0.25, 0.3) is 5.91 Å². The van der Waals surface area contributed by atoms with Crippen molar-refractivity contribution >= 4 is 29.0 Å². The summed E-state index contributed by atoms with van der Waals surface area (Å²) in [5, 5.41) is 6.28. The number of anilines is 2. The van der Waals surface area contributed by atoms with Gasteiger partial charge in [0.05, 0.1) is 0 Å². The van der Waals surface area contributed by atoms with Gasteiger partial charge in [-0.1, -0.05) is 29.8 Å². The molecule has 1 aromatic heterocycles. The largest absolute Gasteiger partial charge is 0.366 e. The van der Waals surface area contributed by atoms with Crippen LogP contribution in [0.25, 0.3) is 0 Å². The number of aromatic nitrogens is 2. The summed E-state index contributed by atoms with van der Waals surface area (Å²) in [7, 11) is 0. The second-order valence-electron chi connectivity index (χ2n) is 5.19. The zero-order valence-corrected chi connectivity index (χ0v) is 13.8. The van der Waals surface area contributed by atoms with E-state index in [4.69, 9.17) is 11.6 Å². The minimum atomic E-state index is -0.376. The SMILES string of the molecule is O=C(Nc1ccc(Cl)cc1)c1cc(NCc2ccccc2F)ncn1. The van der Waals surface area contributed by atoms with Crippen molar-refractivity contribution in [3.63, 3.8) is 0 Å². The van der Waals surface area contributed by atoms with Crippen molar-refractivity contribution in [2.45, 2.75) is 6.54 Å². The molecule has 7 heteroatoms. The van der Waals surface area contributed by atoms with Gasteiger partial charge >= 0.3 is 0 Å². The van der Waals surface area contributed by atoms with Crippen molar-refractivity contribution in [2.24, 2.45) is 0 Å². The average Bonchev–Trinajstić information content (AvgIpc) is 2.63. The van der Waals surface area contributed by atoms with Gasteiger partial charge in [-0.15, -0.1) is 0 Å². The fourth-order valence-corrected chi connectivity index (χ4v) is 2.26. The minimum Gasteiger partial charge on any atom is -0.366 e. The smallest absolute Gasteiger partial charge is 0.274 e. The molecule has 0 unspecified atom stereocenters. The van der Waals surface area contributed by atoms with Crippen LogP contribution in [0.1, 0.15) is 16.1 Å². The molecule has 1 heterocycles. The summed E-state index contributed by atoms with van der Waals surface area (Å²) in [5.74, 6) is -0.247. The van der Waals surface area contributed by atoms with Crippen LogP contribution in [0.3, 0.4) is 0 Å². The van der Waals surface area contributed by atoms with Gasteiger partial charge in [-0.25, -0.2) is 14.4 Å². The lowest BCUT2D eigenvalue weighted by Gasteiger charge is -2.08. The third-order valence-corrected chi connectivity index (χ3v) is 3.67. The molecule has 0 bridgehead atoms. The van der Waals surface area contributed by atoms with Crippen LogP contribution in [-0.4, -0.2) is 15.9 Å². The molecule has 3 aromatic rings. The average molecular weight is 357 g/mol. The van der Waals surface area contributed by atoms with Crippen LogP contribution in [0, 0.1) is 5.82 Å². The molecule has 25 heavy (non-hydrogen) atoms. The van der Waals surface area contributed by atoms with E-state index in [1.165, 1.54) is 18.5 Å². The summed E-state index contributed by atoms with van der Waals surface area (Å²) in [6.07, 6.45) is 1.28. The van der Waals surface area contributed by atoms with E-state index in [1.807, 2.05) is 0 Å². The van der Waals surface area contributed by atoms with E-state index in [-0.39, 0.29) is 24.0 Å². The van der Waals surface area contributed by atoms with Crippen molar-refractivity contribution in [2.75, 3.05) is 10.6 Å². The maximum Gasteiger partial charge on any atom is 0.274 e. The number of hydrogen-bond donors (Lipinski definition) is 2. The first kappa shape index (κ1) is 16.9. The number of nitrogens with zero attached hydrogens (tertiary/aromatic N) is 2. The molecule has 0 aliphatic heterocycles. The molecule has 0 aliphatic rings. The highest BCUT2D eigenvalue weighted by molar-refractivity contribution is 6.30. The van der Waals surface area contributed by atoms with E-state index in [0.717, 1.165) is 0 Å². The van der Waals surface area contributed by atoms with E-state index in [1.54, 1.807) is 42.5 Å². The first-order chi connectivity index (χ1) is 12.1. The molecule has 2 aromatic carbocycles. The highest BCUT2D eigenvalue weighted by Gasteiger charge is 2.10. The van der Waals surface area contributed by atoms with E-state index in [2.05, 4.69) is 20.6 Å². The summed E-state index contributed by atoms with van der Waals surface area (Å²) in [6.45, 7) is 0.252. The molecular formula is C18H14ClFN4O. The molecule has 0 spiro atoms. The topological polar surface area (TPSA) is 66.9 Å². The number of nitrogens with one attached hydrogen (secondary N) is 2. The Labute approximate surface area is 148 Å². The van der Waals surface area contributed by atoms with Crippen molar-refractivity contribution in [1.82, 2.24) is 9.97 Å². The molecular weight excluding hydrogens is 343 g/mol. The summed E-state index contributed by atoms with van der Waals surface area (Å²) in [5.41, 5.74) is 1.31. The molecule has 3 rings (SSSR count). The lowest BCUT2D eigenvalue weighted by molar-refractivity contribution is 0.102. The standard InChI is InChI=1S/C18H14ClFN4O/c19-13-5-7-14(8-6-13)24-18(25)16-9-17(23-11-22-16)21-10-12-3-1-2-4-15(12)20/h1-9,11H,10H2,(H,24,25)(H,21,22,23). The van der Waals surface area contributed by atoms with Crippen molar-refractivity contribution in [1.29, 1.82) is 0 Å². The van der Waals surface area contributed by atoms with E-state index in [9.17, 15) is 9.18 Å². The number of carbonyl (C=O) groups is 1. The van der Waals surface area contributed by atoms with Crippen LogP contribution in [0.5, 0.6) is 0 Å². The van der Waals surface area contributed by atoms with Crippen LogP contribution in [0.4, 0.5) is 15.9 Å². The quantitative estimate of drug-likeness (QED) is 0.721. The second-order valence-corrected chi connectivity index (χ2v) is 5.63. The summed E-state index contributed by atoms with van der Waals surface area (Å²) in [6, 6.07) is 14.7. The van der Waals surface area contributed by atoms with E-state index >= 15 is 0 Å². The Morgan fingerprint density at radius 1 is 1.08 bits per heavy atom. The first-order valence-electron chi connectivity index (χ1n) is 7.48. The first-order valence-corrected chi connectivity index (χ1v) is 7.86. The van der Waals surface area contributed by atoms with Gasteiger partial charge in [-0.3, -0.25) is 4.79 Å². The number of hydrogen-bond acceptors (Lipinski definition) is 4. The van der Waals surface area contributed by atoms with Gasteiger partial charge in [0.2, 0.25) is 0 Å². The number of carbonyl (C=O) groups excluding carboxylic acids is 1. The van der Waals surface area contributed by atoms with Crippen molar-refractivity contribution in [3.05, 3.63) is 83.0 Å². The van der Waals surface area contributed by atoms with Crippen LogP contribution >= 0.6 is 11.6 Å². The molecule has 0 saturated carbocycles. The molecule has 2 N–H and O–H groups in total. The molecule has 126 valence electrons. The number of amides is 1. The zero-order valence-electron chi connectivity index (χ0n) is 13.0. The minimum absolute atomic E-state index is 0.195. The van der Waals surface area contributed by atoms with Crippen LogP contribution in [0.15, 0.2) is 60.9 Å². The lowest BCUT2D eigenvalue weighted by atomic mass is 10.2. The monoisotopic (exact) mass is 356 g/mol. The third-order valence-electron chi connectivity index (χ3n) is 3.42. The van der Waals surface area contributed by atoms with Crippen molar-refractivity contribution in [3.8, 4) is 0 Å². The molecule has 1 amide bonds. The van der Waals surface area contributed by atoms with Gasteiger partial charge < -0.3 is 10.6 Å². The van der Waals surface area contributed by atoms with Gasteiger partial charge in [0.1, 0.15) is 23.7 Å². The maximum atomic E-state index is 13.6. The Morgan fingerprint density at radius 2 is 1.84 bits per heavy atom. The van der Waals surface area contributed by atoms with E-state index < -0.39 is 0 Å². The lowest BCUT2D eigenvalue weighted by Crippen LogP contribution is -2.14. The Balaban J connectivity index is 1.67. The van der Waals surface area contributed by atoms with Gasteiger partial charge in [0.15, 0.2) is 0 Å². The Morgan fingerprint density at radius 3 is 2.60 bits per heavy atom. The molecule has 0 saturated heterocycles. The van der Waals surface area contributed by atoms with Gasteiger partial charge in [0, 0.05) is 28.9 Å². The molecule has 0 atom stereocenters. The summed E-state index contributed by atoms with van der Waals surface area (Å²) < 4.78 is 13.6. The van der Waals surface area contributed by atoms with Crippen LogP contribution in [0.2, 0.25) is 5.02 Å².